The van der Waals surface area contributed by atoms with Gasteiger partial charge in [-0.2, -0.15) is 0 Å². The number of aryl methyl sites for hydroxylation is 1. The van der Waals surface area contributed by atoms with Gasteiger partial charge in [0, 0.05) is 30.6 Å². The Morgan fingerprint density at radius 2 is 2.04 bits per heavy atom. The van der Waals surface area contributed by atoms with E-state index in [1.54, 1.807) is 12.4 Å². The van der Waals surface area contributed by atoms with Gasteiger partial charge in [0.1, 0.15) is 12.4 Å². The van der Waals surface area contributed by atoms with Crippen molar-refractivity contribution in [3.05, 3.63) is 95.3 Å². The molecule has 4 nitrogen and oxygen atoms in total. The highest BCUT2D eigenvalue weighted by molar-refractivity contribution is 5.94. The lowest BCUT2D eigenvalue weighted by Crippen LogP contribution is -2.30. The summed E-state index contributed by atoms with van der Waals surface area (Å²) in [6, 6.07) is 19.8. The maximum atomic E-state index is 13.0. The van der Waals surface area contributed by atoms with E-state index < -0.39 is 0 Å². The average molecular weight is 358 g/mol. The van der Waals surface area contributed by atoms with Crippen LogP contribution in [0.5, 0.6) is 5.75 Å². The Morgan fingerprint density at radius 1 is 1.15 bits per heavy atom. The molecule has 0 saturated carbocycles. The van der Waals surface area contributed by atoms with Gasteiger partial charge >= 0.3 is 0 Å². The molecule has 0 aliphatic heterocycles. The number of pyridine rings is 1. The summed E-state index contributed by atoms with van der Waals surface area (Å²) in [5.74, 6) is 0.702. The predicted molar refractivity (Wildman–Crippen MR) is 105 cm³/mol. The lowest BCUT2D eigenvalue weighted by molar-refractivity contribution is 0.0730. The van der Waals surface area contributed by atoms with Crippen molar-refractivity contribution in [1.82, 2.24) is 9.88 Å². The Bertz CT molecular complexity index is 940. The molecule has 0 saturated heterocycles. The zero-order valence-corrected chi connectivity index (χ0v) is 15.3. The van der Waals surface area contributed by atoms with Crippen LogP contribution in [0, 0.1) is 0 Å². The zero-order chi connectivity index (χ0) is 18.6. The minimum absolute atomic E-state index is 0.0172. The molecule has 1 aliphatic rings. The van der Waals surface area contributed by atoms with Crippen molar-refractivity contribution in [2.75, 3.05) is 7.05 Å². The Kier molecular flexibility index (Phi) is 4.88. The lowest BCUT2D eigenvalue weighted by Gasteiger charge is -2.25. The van der Waals surface area contributed by atoms with Gasteiger partial charge in [0.05, 0.1) is 6.04 Å². The third kappa shape index (κ3) is 3.70. The first-order valence-corrected chi connectivity index (χ1v) is 9.19. The average Bonchev–Trinajstić information content (AvgIpc) is 3.16. The number of fused-ring (bicyclic) bond motifs is 1. The number of benzene rings is 2. The van der Waals surface area contributed by atoms with Crippen LogP contribution >= 0.6 is 0 Å². The summed E-state index contributed by atoms with van der Waals surface area (Å²) in [6.07, 6.45) is 5.51. The molecule has 4 rings (SSSR count). The van der Waals surface area contributed by atoms with Crippen LogP contribution in [0.1, 0.15) is 39.5 Å². The molecular weight excluding hydrogens is 336 g/mol. The molecule has 1 heterocycles. The molecule has 3 aromatic rings. The van der Waals surface area contributed by atoms with Gasteiger partial charge in [0.25, 0.3) is 5.91 Å². The van der Waals surface area contributed by atoms with Crippen LogP contribution in [0.2, 0.25) is 0 Å². The maximum absolute atomic E-state index is 13.0. The topological polar surface area (TPSA) is 42.4 Å². The highest BCUT2D eigenvalue weighted by Gasteiger charge is 2.28. The fraction of sp³-hybridized carbons (Fsp3) is 0.217. The molecule has 1 aromatic heterocycles. The highest BCUT2D eigenvalue weighted by atomic mass is 16.5. The molecule has 27 heavy (non-hydrogen) atoms. The summed E-state index contributed by atoms with van der Waals surface area (Å²) < 4.78 is 5.83. The Hall–Kier alpha value is -3.14. The van der Waals surface area contributed by atoms with Gasteiger partial charge in [-0.15, -0.1) is 0 Å². The van der Waals surface area contributed by atoms with E-state index in [2.05, 4.69) is 23.2 Å². The second-order valence-corrected chi connectivity index (χ2v) is 6.85. The number of amides is 1. The monoisotopic (exact) mass is 358 g/mol. The number of nitrogens with zero attached hydrogens (tertiary/aromatic N) is 2. The van der Waals surface area contributed by atoms with Gasteiger partial charge in [-0.3, -0.25) is 9.78 Å². The SMILES string of the molecule is CN(C(=O)c1cccc(OCc2cccnc2)c1)C1CCc2ccccc21. The Labute approximate surface area is 159 Å². The van der Waals surface area contributed by atoms with Gasteiger partial charge in [0.2, 0.25) is 0 Å². The second-order valence-electron chi connectivity index (χ2n) is 6.85. The molecule has 0 spiro atoms. The van der Waals surface area contributed by atoms with Crippen molar-refractivity contribution >= 4 is 5.91 Å². The van der Waals surface area contributed by atoms with Gasteiger partial charge in [-0.1, -0.05) is 36.4 Å². The van der Waals surface area contributed by atoms with Crippen LogP contribution in [0.15, 0.2) is 73.1 Å². The molecule has 1 amide bonds. The predicted octanol–water partition coefficient (Wildman–Crippen LogP) is 4.42. The van der Waals surface area contributed by atoms with Crippen molar-refractivity contribution in [2.24, 2.45) is 0 Å². The van der Waals surface area contributed by atoms with Crippen LogP contribution in [-0.4, -0.2) is 22.8 Å². The number of carbonyl (C=O) groups is 1. The van der Waals surface area contributed by atoms with E-state index in [9.17, 15) is 4.79 Å². The largest absolute Gasteiger partial charge is 0.489 e. The zero-order valence-electron chi connectivity index (χ0n) is 15.3. The third-order valence-corrected chi connectivity index (χ3v) is 5.10. The minimum atomic E-state index is 0.0172. The standard InChI is InChI=1S/C23H22N2O2/c1-25(22-12-11-18-7-2-3-10-21(18)22)23(26)19-8-4-9-20(14-19)27-16-17-6-5-13-24-15-17/h2-10,13-15,22H,11-12,16H2,1H3. The second kappa shape index (κ2) is 7.62. The Balaban J connectivity index is 1.47. The molecule has 1 atom stereocenters. The Morgan fingerprint density at radius 3 is 2.89 bits per heavy atom. The summed E-state index contributed by atoms with van der Waals surface area (Å²) in [6.45, 7) is 0.428. The summed E-state index contributed by atoms with van der Waals surface area (Å²) in [5, 5.41) is 0. The van der Waals surface area contributed by atoms with E-state index in [1.807, 2.05) is 54.4 Å². The number of carbonyl (C=O) groups excluding carboxylic acids is 1. The first kappa shape index (κ1) is 17.3. The molecule has 0 N–H and O–H groups in total. The van der Waals surface area contributed by atoms with Gasteiger partial charge in [-0.25, -0.2) is 0 Å². The number of aromatic nitrogens is 1. The summed E-state index contributed by atoms with van der Waals surface area (Å²) in [4.78, 5) is 19.0. The van der Waals surface area contributed by atoms with E-state index in [0.29, 0.717) is 17.9 Å². The molecule has 1 aliphatic carbocycles. The van der Waals surface area contributed by atoms with Crippen LogP contribution in [0.25, 0.3) is 0 Å². The van der Waals surface area contributed by atoms with Crippen molar-refractivity contribution in [2.45, 2.75) is 25.5 Å². The summed E-state index contributed by atoms with van der Waals surface area (Å²) in [5.41, 5.74) is 4.24. The number of rotatable bonds is 5. The van der Waals surface area contributed by atoms with Crippen LogP contribution in [0.4, 0.5) is 0 Å². The number of hydrogen-bond donors (Lipinski definition) is 0. The van der Waals surface area contributed by atoms with E-state index in [-0.39, 0.29) is 11.9 Å². The molecule has 0 fully saturated rings. The molecule has 2 aromatic carbocycles. The first-order chi connectivity index (χ1) is 13.2. The number of ether oxygens (including phenoxy) is 1. The maximum Gasteiger partial charge on any atom is 0.254 e. The summed E-state index contributed by atoms with van der Waals surface area (Å²) >= 11 is 0. The van der Waals surface area contributed by atoms with Gasteiger partial charge < -0.3 is 9.64 Å². The van der Waals surface area contributed by atoms with E-state index in [1.165, 1.54) is 11.1 Å². The lowest BCUT2D eigenvalue weighted by atomic mass is 10.1. The first-order valence-electron chi connectivity index (χ1n) is 9.19. The fourth-order valence-corrected chi connectivity index (χ4v) is 3.65. The van der Waals surface area contributed by atoms with Crippen molar-refractivity contribution in [1.29, 1.82) is 0 Å². The van der Waals surface area contributed by atoms with Crippen LogP contribution < -0.4 is 4.74 Å². The van der Waals surface area contributed by atoms with Crippen molar-refractivity contribution < 1.29 is 9.53 Å². The van der Waals surface area contributed by atoms with E-state index in [0.717, 1.165) is 18.4 Å². The fourth-order valence-electron chi connectivity index (χ4n) is 3.65. The van der Waals surface area contributed by atoms with Crippen molar-refractivity contribution in [3.63, 3.8) is 0 Å². The molecule has 4 heteroatoms. The summed E-state index contributed by atoms with van der Waals surface area (Å²) in [7, 11) is 1.89. The molecule has 136 valence electrons. The molecular formula is C23H22N2O2. The normalized spacial score (nSPS) is 15.2. The smallest absolute Gasteiger partial charge is 0.254 e. The molecule has 1 unspecified atom stereocenters. The number of hydrogen-bond acceptors (Lipinski definition) is 3. The van der Waals surface area contributed by atoms with Crippen molar-refractivity contribution in [3.8, 4) is 5.75 Å². The van der Waals surface area contributed by atoms with E-state index >= 15 is 0 Å². The highest BCUT2D eigenvalue weighted by Crippen LogP contribution is 2.35. The minimum Gasteiger partial charge on any atom is -0.489 e. The van der Waals surface area contributed by atoms with Crippen LogP contribution in [0.3, 0.4) is 0 Å². The molecule has 0 bridgehead atoms. The van der Waals surface area contributed by atoms with Crippen LogP contribution in [-0.2, 0) is 13.0 Å². The van der Waals surface area contributed by atoms with Gasteiger partial charge in [0.15, 0.2) is 0 Å². The van der Waals surface area contributed by atoms with E-state index in [4.69, 9.17) is 4.74 Å². The third-order valence-electron chi connectivity index (χ3n) is 5.10. The van der Waals surface area contributed by atoms with Gasteiger partial charge in [-0.05, 0) is 48.2 Å². The quantitative estimate of drug-likeness (QED) is 0.678. The molecule has 0 radical (unpaired) electrons.